The molecule has 4 aromatic rings. The molecular weight excluding hydrogens is 634 g/mol. The van der Waals surface area contributed by atoms with Gasteiger partial charge in [0.2, 0.25) is 11.8 Å². The minimum Gasteiger partial charge on any atom is -0.497 e. The number of sulfonamides is 1. The van der Waals surface area contributed by atoms with Gasteiger partial charge in [0.05, 0.1) is 17.7 Å². The SMILES string of the molecule is COc1cccc(N(CC(=O)N(Cc2ccc(Cl)cc2)[C@H](Cc2ccccc2)C(=O)NC2CCCC2)S(=O)(=O)c2ccc(C)cc2)c1. The highest BCUT2D eigenvalue weighted by molar-refractivity contribution is 7.92. The van der Waals surface area contributed by atoms with Crippen LogP contribution in [-0.4, -0.2) is 50.9 Å². The average molecular weight is 674 g/mol. The zero-order valence-electron chi connectivity index (χ0n) is 26.6. The van der Waals surface area contributed by atoms with E-state index in [0.29, 0.717) is 10.8 Å². The number of amides is 2. The highest BCUT2D eigenvalue weighted by Gasteiger charge is 2.35. The third-order valence-corrected chi connectivity index (χ3v) is 10.5. The van der Waals surface area contributed by atoms with Crippen molar-refractivity contribution in [2.45, 2.75) is 62.6 Å². The molecule has 0 heterocycles. The smallest absolute Gasteiger partial charge is 0.264 e. The number of nitrogens with zero attached hydrogens (tertiary/aromatic N) is 2. The molecule has 1 saturated carbocycles. The third-order valence-electron chi connectivity index (χ3n) is 8.47. The van der Waals surface area contributed by atoms with E-state index in [1.165, 1.54) is 24.1 Å². The Bertz CT molecular complexity index is 1760. The lowest BCUT2D eigenvalue weighted by molar-refractivity contribution is -0.140. The van der Waals surface area contributed by atoms with Crippen molar-refractivity contribution < 1.29 is 22.7 Å². The van der Waals surface area contributed by atoms with Crippen molar-refractivity contribution in [3.05, 3.63) is 125 Å². The molecule has 8 nitrogen and oxygen atoms in total. The Balaban J connectivity index is 1.57. The van der Waals surface area contributed by atoms with Crippen LogP contribution in [0.3, 0.4) is 0 Å². The molecule has 2 amide bonds. The number of anilines is 1. The predicted octanol–water partition coefficient (Wildman–Crippen LogP) is 6.55. The van der Waals surface area contributed by atoms with E-state index >= 15 is 0 Å². The lowest BCUT2D eigenvalue weighted by atomic mass is 10.0. The molecular formula is C37H40ClN3O5S. The molecule has 0 unspecified atom stereocenters. The third kappa shape index (κ3) is 8.73. The molecule has 0 aliphatic heterocycles. The number of carbonyl (C=O) groups excluding carboxylic acids is 2. The zero-order valence-corrected chi connectivity index (χ0v) is 28.2. The Labute approximate surface area is 282 Å². The second-order valence-corrected chi connectivity index (χ2v) is 14.2. The molecule has 0 radical (unpaired) electrons. The summed E-state index contributed by atoms with van der Waals surface area (Å²) in [7, 11) is -2.72. The van der Waals surface area contributed by atoms with Crippen LogP contribution in [0.1, 0.15) is 42.4 Å². The number of benzene rings is 4. The Morgan fingerprint density at radius 3 is 2.23 bits per heavy atom. The fourth-order valence-electron chi connectivity index (χ4n) is 5.84. The molecule has 246 valence electrons. The molecule has 0 saturated heterocycles. The van der Waals surface area contributed by atoms with E-state index in [4.69, 9.17) is 16.3 Å². The van der Waals surface area contributed by atoms with Crippen LogP contribution >= 0.6 is 11.6 Å². The number of carbonyl (C=O) groups is 2. The first-order valence-electron chi connectivity index (χ1n) is 15.8. The van der Waals surface area contributed by atoms with Crippen LogP contribution in [0, 0.1) is 6.92 Å². The molecule has 1 aliphatic rings. The highest BCUT2D eigenvalue weighted by atomic mass is 35.5. The van der Waals surface area contributed by atoms with Gasteiger partial charge in [0.25, 0.3) is 10.0 Å². The molecule has 1 fully saturated rings. The van der Waals surface area contributed by atoms with Gasteiger partial charge >= 0.3 is 0 Å². The van der Waals surface area contributed by atoms with Crippen molar-refractivity contribution in [3.8, 4) is 5.75 Å². The molecule has 5 rings (SSSR count). The summed E-state index contributed by atoms with van der Waals surface area (Å²) in [4.78, 5) is 30.3. The Morgan fingerprint density at radius 1 is 0.894 bits per heavy atom. The average Bonchev–Trinajstić information content (AvgIpc) is 3.59. The van der Waals surface area contributed by atoms with Gasteiger partial charge in [0.15, 0.2) is 0 Å². The first kappa shape index (κ1) is 34.0. The number of aryl methyl sites for hydroxylation is 1. The van der Waals surface area contributed by atoms with E-state index in [-0.39, 0.29) is 35.5 Å². The van der Waals surface area contributed by atoms with E-state index in [9.17, 15) is 18.0 Å². The van der Waals surface area contributed by atoms with Crippen LogP contribution in [-0.2, 0) is 32.6 Å². The van der Waals surface area contributed by atoms with Gasteiger partial charge in [-0.1, -0.05) is 90.7 Å². The van der Waals surface area contributed by atoms with Crippen LogP contribution in [0.2, 0.25) is 5.02 Å². The predicted molar refractivity (Wildman–Crippen MR) is 185 cm³/mol. The Morgan fingerprint density at radius 2 is 1.57 bits per heavy atom. The van der Waals surface area contributed by atoms with Crippen LogP contribution in [0.5, 0.6) is 5.75 Å². The van der Waals surface area contributed by atoms with Crippen molar-refractivity contribution >= 4 is 39.1 Å². The van der Waals surface area contributed by atoms with E-state index in [0.717, 1.165) is 46.7 Å². The van der Waals surface area contributed by atoms with Gasteiger partial charge in [-0.05, 0) is 67.3 Å². The van der Waals surface area contributed by atoms with E-state index in [1.54, 1.807) is 60.7 Å². The molecule has 1 aliphatic carbocycles. The largest absolute Gasteiger partial charge is 0.497 e. The van der Waals surface area contributed by atoms with Crippen LogP contribution in [0.15, 0.2) is 108 Å². The monoisotopic (exact) mass is 673 g/mol. The number of rotatable bonds is 13. The van der Waals surface area contributed by atoms with Gasteiger partial charge in [0.1, 0.15) is 18.3 Å². The van der Waals surface area contributed by atoms with Crippen molar-refractivity contribution in [3.63, 3.8) is 0 Å². The summed E-state index contributed by atoms with van der Waals surface area (Å²) in [6.45, 7) is 1.40. The normalized spacial score (nSPS) is 13.9. The first-order valence-corrected chi connectivity index (χ1v) is 17.6. The van der Waals surface area contributed by atoms with Gasteiger partial charge in [-0.3, -0.25) is 13.9 Å². The maximum absolute atomic E-state index is 14.6. The lowest BCUT2D eigenvalue weighted by Gasteiger charge is -2.34. The van der Waals surface area contributed by atoms with Gasteiger partial charge in [-0.25, -0.2) is 8.42 Å². The molecule has 0 bridgehead atoms. The zero-order chi connectivity index (χ0) is 33.4. The summed E-state index contributed by atoms with van der Waals surface area (Å²) >= 11 is 6.18. The highest BCUT2D eigenvalue weighted by Crippen LogP contribution is 2.28. The molecule has 10 heteroatoms. The molecule has 47 heavy (non-hydrogen) atoms. The molecule has 1 N–H and O–H groups in total. The van der Waals surface area contributed by atoms with Crippen LogP contribution in [0.25, 0.3) is 0 Å². The van der Waals surface area contributed by atoms with E-state index in [2.05, 4.69) is 5.32 Å². The number of nitrogens with one attached hydrogen (secondary N) is 1. The fourth-order valence-corrected chi connectivity index (χ4v) is 7.37. The summed E-state index contributed by atoms with van der Waals surface area (Å²) in [5.74, 6) is -0.353. The topological polar surface area (TPSA) is 96.0 Å². The maximum Gasteiger partial charge on any atom is 0.264 e. The van der Waals surface area contributed by atoms with Gasteiger partial charge in [-0.15, -0.1) is 0 Å². The first-order chi connectivity index (χ1) is 22.6. The van der Waals surface area contributed by atoms with Gasteiger partial charge in [0, 0.05) is 30.1 Å². The molecule has 4 aromatic carbocycles. The standard InChI is InChI=1S/C37H40ClN3O5S/c1-27-15-21-34(22-16-27)47(44,45)41(32-13-8-14-33(24-32)46-2)26-36(42)40(25-29-17-19-30(38)20-18-29)35(23-28-9-4-3-5-10-28)37(43)39-31-11-6-7-12-31/h3-5,8-10,13-22,24,31,35H,6-7,11-12,23,25-26H2,1-2H3,(H,39,43)/t35-/m1/s1. The lowest BCUT2D eigenvalue weighted by Crippen LogP contribution is -2.54. The maximum atomic E-state index is 14.6. The fraction of sp³-hybridized carbons (Fsp3) is 0.297. The minimum absolute atomic E-state index is 0.0310. The second-order valence-electron chi connectivity index (χ2n) is 11.9. The van der Waals surface area contributed by atoms with Gasteiger partial charge < -0.3 is 15.0 Å². The van der Waals surface area contributed by atoms with E-state index < -0.39 is 28.5 Å². The number of methoxy groups -OCH3 is 1. The Kier molecular flexibility index (Phi) is 11.2. The van der Waals surface area contributed by atoms with Crippen molar-refractivity contribution in [2.75, 3.05) is 18.0 Å². The Hall–Kier alpha value is -4.34. The van der Waals surface area contributed by atoms with Crippen molar-refractivity contribution in [1.82, 2.24) is 10.2 Å². The summed E-state index contributed by atoms with van der Waals surface area (Å²) in [5, 5.41) is 3.73. The van der Waals surface area contributed by atoms with Crippen LogP contribution < -0.4 is 14.4 Å². The summed E-state index contributed by atoms with van der Waals surface area (Å²) in [5.41, 5.74) is 2.80. The number of ether oxygens (including phenoxy) is 1. The van der Waals surface area contributed by atoms with E-state index in [1.807, 2.05) is 37.3 Å². The quantitative estimate of drug-likeness (QED) is 0.174. The molecule has 0 spiro atoms. The van der Waals surface area contributed by atoms with Crippen molar-refractivity contribution in [2.24, 2.45) is 0 Å². The molecule has 1 atom stereocenters. The second kappa shape index (κ2) is 15.5. The minimum atomic E-state index is -4.21. The molecule has 0 aromatic heterocycles. The van der Waals surface area contributed by atoms with Crippen LogP contribution in [0.4, 0.5) is 5.69 Å². The summed E-state index contributed by atoms with van der Waals surface area (Å²) in [6.07, 6.45) is 4.09. The number of halogens is 1. The number of hydrogen-bond donors (Lipinski definition) is 1. The van der Waals surface area contributed by atoms with Gasteiger partial charge in [-0.2, -0.15) is 0 Å². The number of hydrogen-bond acceptors (Lipinski definition) is 5. The summed E-state index contributed by atoms with van der Waals surface area (Å²) in [6, 6.07) is 28.8. The summed E-state index contributed by atoms with van der Waals surface area (Å²) < 4.78 is 35.0. The van der Waals surface area contributed by atoms with Crippen molar-refractivity contribution in [1.29, 1.82) is 0 Å².